The van der Waals surface area contributed by atoms with Crippen molar-refractivity contribution in [1.82, 2.24) is 4.31 Å². The number of nitrogens with zero attached hydrogens (tertiary/aromatic N) is 1. The molecule has 0 radical (unpaired) electrons. The van der Waals surface area contributed by atoms with Crippen molar-refractivity contribution in [2.24, 2.45) is 5.92 Å². The number of fused-ring (bicyclic) bond motifs is 1. The monoisotopic (exact) mass is 458 g/mol. The van der Waals surface area contributed by atoms with Crippen LogP contribution in [0.4, 0.5) is 5.00 Å². The van der Waals surface area contributed by atoms with E-state index in [0.717, 1.165) is 4.70 Å². The number of hydrogen-bond donors (Lipinski definition) is 1. The molecule has 4 rings (SSSR count). The summed E-state index contributed by atoms with van der Waals surface area (Å²) in [5.74, 6) is -1.34. The predicted molar refractivity (Wildman–Crippen MR) is 120 cm³/mol. The maximum Gasteiger partial charge on any atom is 0.341 e. The van der Waals surface area contributed by atoms with E-state index in [9.17, 15) is 18.0 Å². The van der Waals surface area contributed by atoms with Crippen LogP contribution < -0.4 is 5.32 Å². The van der Waals surface area contributed by atoms with E-state index in [-0.39, 0.29) is 17.3 Å². The minimum absolute atomic E-state index is 0.0987. The Morgan fingerprint density at radius 3 is 2.55 bits per heavy atom. The largest absolute Gasteiger partial charge is 0.465 e. The van der Waals surface area contributed by atoms with Crippen LogP contribution in [-0.4, -0.2) is 44.8 Å². The lowest BCUT2D eigenvalue weighted by Gasteiger charge is -2.31. The third-order valence-electron chi connectivity index (χ3n) is 5.36. The van der Waals surface area contributed by atoms with E-state index in [1.807, 2.05) is 24.3 Å². The molecule has 3 aromatic rings. The third-order valence-corrected chi connectivity index (χ3v) is 8.32. The second-order valence-electron chi connectivity index (χ2n) is 7.30. The van der Waals surface area contributed by atoms with Crippen LogP contribution in [0.3, 0.4) is 0 Å². The zero-order chi connectivity index (χ0) is 22.0. The van der Waals surface area contributed by atoms with Gasteiger partial charge in [0.15, 0.2) is 0 Å². The zero-order valence-electron chi connectivity index (χ0n) is 16.9. The van der Waals surface area contributed by atoms with Gasteiger partial charge in [0.05, 0.1) is 17.9 Å². The van der Waals surface area contributed by atoms with Crippen molar-refractivity contribution >= 4 is 48.3 Å². The van der Waals surface area contributed by atoms with Crippen LogP contribution >= 0.6 is 11.3 Å². The molecule has 1 saturated heterocycles. The molecule has 31 heavy (non-hydrogen) atoms. The van der Waals surface area contributed by atoms with E-state index in [1.54, 1.807) is 30.3 Å². The standard InChI is InChI=1S/C22H22N2O5S2/c1-29-22(26)19-17-11-5-6-12-18(17)30-21(19)23-20(25)15-8-7-13-24(14-15)31(27,28)16-9-3-2-4-10-16/h2-6,9-12,15H,7-8,13-14H2,1H3,(H,23,25). The molecule has 1 N–H and O–H groups in total. The molecule has 1 aromatic heterocycles. The van der Waals surface area contributed by atoms with Gasteiger partial charge in [0.2, 0.25) is 15.9 Å². The Balaban J connectivity index is 1.56. The number of benzene rings is 2. The molecular weight excluding hydrogens is 436 g/mol. The van der Waals surface area contributed by atoms with Crippen molar-refractivity contribution in [3.8, 4) is 0 Å². The van der Waals surface area contributed by atoms with Gasteiger partial charge in [-0.25, -0.2) is 13.2 Å². The second-order valence-corrected chi connectivity index (χ2v) is 10.3. The molecular formula is C22H22N2O5S2. The zero-order valence-corrected chi connectivity index (χ0v) is 18.5. The second kappa shape index (κ2) is 8.78. The fraction of sp³-hybridized carbons (Fsp3) is 0.273. The van der Waals surface area contributed by atoms with E-state index in [0.29, 0.717) is 35.3 Å². The number of ether oxygens (including phenoxy) is 1. The van der Waals surface area contributed by atoms with E-state index in [2.05, 4.69) is 5.32 Å². The first-order chi connectivity index (χ1) is 14.9. The molecule has 7 nitrogen and oxygen atoms in total. The lowest BCUT2D eigenvalue weighted by molar-refractivity contribution is -0.120. The fourth-order valence-corrected chi connectivity index (χ4v) is 6.41. The summed E-state index contributed by atoms with van der Waals surface area (Å²) in [4.78, 5) is 25.6. The highest BCUT2D eigenvalue weighted by Crippen LogP contribution is 2.37. The highest BCUT2D eigenvalue weighted by atomic mass is 32.2. The summed E-state index contributed by atoms with van der Waals surface area (Å²) in [6.07, 6.45) is 1.16. The average molecular weight is 459 g/mol. The molecule has 1 aliphatic heterocycles. The Morgan fingerprint density at radius 1 is 1.10 bits per heavy atom. The Kier molecular flexibility index (Phi) is 6.08. The molecule has 0 bridgehead atoms. The number of rotatable bonds is 5. The first-order valence-electron chi connectivity index (χ1n) is 9.87. The summed E-state index contributed by atoms with van der Waals surface area (Å²) < 4.78 is 33.0. The van der Waals surface area contributed by atoms with Gasteiger partial charge in [-0.3, -0.25) is 4.79 Å². The Hall–Kier alpha value is -2.75. The van der Waals surface area contributed by atoms with Crippen molar-refractivity contribution in [2.45, 2.75) is 17.7 Å². The number of esters is 1. The summed E-state index contributed by atoms with van der Waals surface area (Å²) >= 11 is 1.30. The molecule has 1 unspecified atom stereocenters. The molecule has 0 saturated carbocycles. The molecule has 9 heteroatoms. The van der Waals surface area contributed by atoms with Gasteiger partial charge >= 0.3 is 5.97 Å². The van der Waals surface area contributed by atoms with E-state index >= 15 is 0 Å². The van der Waals surface area contributed by atoms with Gasteiger partial charge in [-0.2, -0.15) is 4.31 Å². The summed E-state index contributed by atoms with van der Waals surface area (Å²) in [6, 6.07) is 15.6. The average Bonchev–Trinajstić information content (AvgIpc) is 3.17. The summed E-state index contributed by atoms with van der Waals surface area (Å²) in [6.45, 7) is 0.471. The van der Waals surface area contributed by atoms with Crippen molar-refractivity contribution in [3.63, 3.8) is 0 Å². The quantitative estimate of drug-likeness (QED) is 0.588. The van der Waals surface area contributed by atoms with Gasteiger partial charge < -0.3 is 10.1 Å². The minimum Gasteiger partial charge on any atom is -0.465 e. The minimum atomic E-state index is -3.67. The molecule has 1 fully saturated rings. The lowest BCUT2D eigenvalue weighted by Crippen LogP contribution is -2.43. The number of anilines is 1. The number of sulfonamides is 1. The molecule has 1 amide bonds. The topological polar surface area (TPSA) is 92.8 Å². The van der Waals surface area contributed by atoms with Gasteiger partial charge in [0, 0.05) is 23.2 Å². The first-order valence-corrected chi connectivity index (χ1v) is 12.1. The van der Waals surface area contributed by atoms with Crippen molar-refractivity contribution in [1.29, 1.82) is 0 Å². The van der Waals surface area contributed by atoms with Crippen LogP contribution in [0.5, 0.6) is 0 Å². The van der Waals surface area contributed by atoms with Crippen LogP contribution in [0, 0.1) is 5.92 Å². The molecule has 1 aliphatic rings. The lowest BCUT2D eigenvalue weighted by atomic mass is 9.99. The number of carbonyl (C=O) groups excluding carboxylic acids is 2. The Morgan fingerprint density at radius 2 is 1.81 bits per heavy atom. The number of thiophene rings is 1. The molecule has 0 spiro atoms. The number of amides is 1. The predicted octanol–water partition coefficient (Wildman–Crippen LogP) is 3.73. The number of nitrogens with one attached hydrogen (secondary N) is 1. The number of methoxy groups -OCH3 is 1. The van der Waals surface area contributed by atoms with Crippen LogP contribution in [0.25, 0.3) is 10.1 Å². The van der Waals surface area contributed by atoms with Crippen molar-refractivity contribution in [2.75, 3.05) is 25.5 Å². The number of carbonyl (C=O) groups is 2. The van der Waals surface area contributed by atoms with E-state index in [1.165, 1.54) is 22.8 Å². The molecule has 162 valence electrons. The van der Waals surface area contributed by atoms with Crippen LogP contribution in [-0.2, 0) is 19.6 Å². The normalized spacial score (nSPS) is 17.4. The molecule has 0 aliphatic carbocycles. The number of piperidine rings is 1. The van der Waals surface area contributed by atoms with Gasteiger partial charge in [-0.15, -0.1) is 11.3 Å². The molecule has 2 aromatic carbocycles. The summed E-state index contributed by atoms with van der Waals surface area (Å²) in [5, 5.41) is 3.99. The first kappa shape index (κ1) is 21.5. The van der Waals surface area contributed by atoms with Gasteiger partial charge in [0.25, 0.3) is 0 Å². The molecule has 1 atom stereocenters. The van der Waals surface area contributed by atoms with Gasteiger partial charge in [0.1, 0.15) is 10.6 Å². The highest BCUT2D eigenvalue weighted by molar-refractivity contribution is 7.89. The van der Waals surface area contributed by atoms with Crippen molar-refractivity contribution < 1.29 is 22.7 Å². The smallest absolute Gasteiger partial charge is 0.341 e. The molecule has 2 heterocycles. The van der Waals surface area contributed by atoms with Crippen LogP contribution in [0.1, 0.15) is 23.2 Å². The van der Waals surface area contributed by atoms with Gasteiger partial charge in [-0.05, 0) is 31.0 Å². The highest BCUT2D eigenvalue weighted by Gasteiger charge is 2.34. The Bertz CT molecular complexity index is 1220. The maximum absolute atomic E-state index is 13.0. The SMILES string of the molecule is COC(=O)c1c(NC(=O)C2CCCN(S(=O)(=O)c3ccccc3)C2)sc2ccccc12. The van der Waals surface area contributed by atoms with Gasteiger partial charge in [-0.1, -0.05) is 36.4 Å². The Labute approximate surface area is 184 Å². The van der Waals surface area contributed by atoms with E-state index in [4.69, 9.17) is 4.74 Å². The van der Waals surface area contributed by atoms with Crippen LogP contribution in [0.15, 0.2) is 59.5 Å². The summed E-state index contributed by atoms with van der Waals surface area (Å²) in [7, 11) is -2.37. The van der Waals surface area contributed by atoms with Crippen LogP contribution in [0.2, 0.25) is 0 Å². The fourth-order valence-electron chi connectivity index (χ4n) is 3.77. The van der Waals surface area contributed by atoms with E-state index < -0.39 is 21.9 Å². The van der Waals surface area contributed by atoms with Crippen molar-refractivity contribution in [3.05, 3.63) is 60.2 Å². The number of hydrogen-bond acceptors (Lipinski definition) is 6. The maximum atomic E-state index is 13.0. The third kappa shape index (κ3) is 4.21. The summed E-state index contributed by atoms with van der Waals surface area (Å²) in [5.41, 5.74) is 0.320.